The molecule has 23 heavy (non-hydrogen) atoms. The predicted molar refractivity (Wildman–Crippen MR) is 97.1 cm³/mol. The molecular formula is C18H17BrO3S. The molecule has 2 aromatic carbocycles. The summed E-state index contributed by atoms with van der Waals surface area (Å²) >= 11 is 4.58. The van der Waals surface area contributed by atoms with Gasteiger partial charge in [-0.05, 0) is 42.0 Å². The number of thioether (sulfide) groups is 1. The molecule has 0 heterocycles. The fourth-order valence-corrected chi connectivity index (χ4v) is 3.36. The quantitative estimate of drug-likeness (QED) is 0.644. The summed E-state index contributed by atoms with van der Waals surface area (Å²) in [5.74, 6) is 0.721. The Hall–Kier alpha value is -1.59. The van der Waals surface area contributed by atoms with E-state index in [9.17, 15) is 9.59 Å². The molecule has 1 unspecified atom stereocenters. The Morgan fingerprint density at radius 1 is 1.09 bits per heavy atom. The van der Waals surface area contributed by atoms with Crippen molar-refractivity contribution in [1.29, 1.82) is 0 Å². The van der Waals surface area contributed by atoms with E-state index in [2.05, 4.69) is 15.9 Å². The molecule has 2 aromatic rings. The maximum Gasteiger partial charge on any atom is 0.186 e. The molecule has 3 nitrogen and oxygen atoms in total. The van der Waals surface area contributed by atoms with Gasteiger partial charge in [-0.15, -0.1) is 0 Å². The molecule has 0 saturated carbocycles. The van der Waals surface area contributed by atoms with Crippen LogP contribution >= 0.6 is 27.7 Å². The molecule has 2 rings (SSSR count). The molecule has 0 aliphatic carbocycles. The van der Waals surface area contributed by atoms with Crippen LogP contribution in [0, 0.1) is 0 Å². The first kappa shape index (κ1) is 17.8. The number of carbonyl (C=O) groups excluding carboxylic acids is 2. The lowest BCUT2D eigenvalue weighted by molar-refractivity contribution is -0.109. The van der Waals surface area contributed by atoms with Crippen LogP contribution in [-0.4, -0.2) is 18.0 Å². The summed E-state index contributed by atoms with van der Waals surface area (Å²) in [5.41, 5.74) is 1.59. The average molecular weight is 393 g/mol. The van der Waals surface area contributed by atoms with Gasteiger partial charge in [0.2, 0.25) is 0 Å². The molecule has 1 atom stereocenters. The predicted octanol–water partition coefficient (Wildman–Crippen LogP) is 5.05. The van der Waals surface area contributed by atoms with Crippen LogP contribution in [0.5, 0.6) is 5.75 Å². The minimum absolute atomic E-state index is 0.000416. The number of ether oxygens (including phenoxy) is 1. The van der Waals surface area contributed by atoms with E-state index in [0.29, 0.717) is 11.3 Å². The van der Waals surface area contributed by atoms with Gasteiger partial charge in [-0.3, -0.25) is 9.59 Å². The van der Waals surface area contributed by atoms with Crippen LogP contribution in [0.2, 0.25) is 0 Å². The Bertz CT molecular complexity index is 680. The van der Waals surface area contributed by atoms with Gasteiger partial charge in [0.1, 0.15) is 5.75 Å². The third-order valence-corrected chi connectivity index (χ3v) is 4.92. The number of benzene rings is 2. The Morgan fingerprint density at radius 2 is 1.70 bits per heavy atom. The maximum absolute atomic E-state index is 12.5. The molecule has 0 N–H and O–H groups in total. The van der Waals surface area contributed by atoms with Crippen molar-refractivity contribution in [2.24, 2.45) is 0 Å². The normalized spacial score (nSPS) is 11.8. The Balaban J connectivity index is 2.17. The smallest absolute Gasteiger partial charge is 0.186 e. The second-order valence-electron chi connectivity index (χ2n) is 5.01. The molecule has 5 heteroatoms. The van der Waals surface area contributed by atoms with Crippen LogP contribution in [0.1, 0.15) is 34.5 Å². The molecule has 0 amide bonds. The number of hydrogen-bond donors (Lipinski definition) is 0. The van der Waals surface area contributed by atoms with E-state index < -0.39 is 0 Å². The molecular weight excluding hydrogens is 376 g/mol. The lowest BCUT2D eigenvalue weighted by atomic mass is 10.0. The van der Waals surface area contributed by atoms with Gasteiger partial charge in [-0.1, -0.05) is 39.8 Å². The van der Waals surface area contributed by atoms with E-state index >= 15 is 0 Å². The second-order valence-corrected chi connectivity index (χ2v) is 7.30. The standard InChI is InChI=1S/C18H17BrO3S/c1-12(20)23-18(14-3-7-15(19)8-4-14)11-17(21)13-5-9-16(22-2)10-6-13/h3-10,18H,11H2,1-2H3. The van der Waals surface area contributed by atoms with Gasteiger partial charge in [0.15, 0.2) is 10.9 Å². The summed E-state index contributed by atoms with van der Waals surface area (Å²) in [6.45, 7) is 1.52. The summed E-state index contributed by atoms with van der Waals surface area (Å²) in [7, 11) is 1.59. The van der Waals surface area contributed by atoms with Crippen LogP contribution in [-0.2, 0) is 4.79 Å². The van der Waals surface area contributed by atoms with Gasteiger partial charge in [0.25, 0.3) is 0 Å². The topological polar surface area (TPSA) is 43.4 Å². The maximum atomic E-state index is 12.5. The van der Waals surface area contributed by atoms with Gasteiger partial charge in [-0.25, -0.2) is 0 Å². The van der Waals surface area contributed by atoms with Crippen LogP contribution < -0.4 is 4.74 Å². The van der Waals surface area contributed by atoms with Crippen molar-refractivity contribution < 1.29 is 14.3 Å². The number of carbonyl (C=O) groups is 2. The van der Waals surface area contributed by atoms with Crippen molar-refractivity contribution >= 4 is 38.6 Å². The molecule has 0 aliphatic heterocycles. The van der Waals surface area contributed by atoms with E-state index in [1.165, 1.54) is 18.7 Å². The molecule has 0 saturated heterocycles. The van der Waals surface area contributed by atoms with Crippen LogP contribution in [0.3, 0.4) is 0 Å². The number of methoxy groups -OCH3 is 1. The van der Waals surface area contributed by atoms with E-state index in [1.54, 1.807) is 31.4 Å². The minimum atomic E-state index is -0.185. The fourth-order valence-electron chi connectivity index (χ4n) is 2.17. The zero-order valence-corrected chi connectivity index (χ0v) is 15.3. The zero-order valence-electron chi connectivity index (χ0n) is 12.9. The van der Waals surface area contributed by atoms with Crippen LogP contribution in [0.15, 0.2) is 53.0 Å². The summed E-state index contributed by atoms with van der Waals surface area (Å²) in [6, 6.07) is 14.7. The Kier molecular flexibility index (Phi) is 6.42. The van der Waals surface area contributed by atoms with Crippen molar-refractivity contribution in [3.63, 3.8) is 0 Å². The van der Waals surface area contributed by atoms with Gasteiger partial charge in [0.05, 0.1) is 7.11 Å². The zero-order chi connectivity index (χ0) is 16.8. The van der Waals surface area contributed by atoms with Crippen molar-refractivity contribution in [1.82, 2.24) is 0 Å². The number of rotatable bonds is 6. The number of ketones is 1. The van der Waals surface area contributed by atoms with Gasteiger partial charge < -0.3 is 4.74 Å². The number of halogens is 1. The first-order chi connectivity index (χ1) is 11.0. The van der Waals surface area contributed by atoms with Gasteiger partial charge in [-0.2, -0.15) is 0 Å². The number of hydrogen-bond acceptors (Lipinski definition) is 4. The first-order valence-corrected chi connectivity index (χ1v) is 8.77. The average Bonchev–Trinajstić information content (AvgIpc) is 2.54. The molecule has 0 aliphatic rings. The highest BCUT2D eigenvalue weighted by Crippen LogP contribution is 2.34. The summed E-state index contributed by atoms with van der Waals surface area (Å²) < 4.78 is 6.07. The lowest BCUT2D eigenvalue weighted by Crippen LogP contribution is -2.07. The van der Waals surface area contributed by atoms with Crippen molar-refractivity contribution in [3.8, 4) is 5.75 Å². The van der Waals surface area contributed by atoms with Gasteiger partial charge in [0, 0.05) is 28.6 Å². The van der Waals surface area contributed by atoms with E-state index in [0.717, 1.165) is 10.0 Å². The summed E-state index contributed by atoms with van der Waals surface area (Å²) in [5, 5.41) is -0.185. The third kappa shape index (κ3) is 5.22. The van der Waals surface area contributed by atoms with Crippen molar-refractivity contribution in [3.05, 3.63) is 64.1 Å². The second kappa shape index (κ2) is 8.31. The monoisotopic (exact) mass is 392 g/mol. The van der Waals surface area contributed by atoms with Crippen LogP contribution in [0.25, 0.3) is 0 Å². The fraction of sp³-hybridized carbons (Fsp3) is 0.222. The minimum Gasteiger partial charge on any atom is -0.497 e. The summed E-state index contributed by atoms with van der Waals surface area (Å²) in [6.07, 6.45) is 0.276. The highest BCUT2D eigenvalue weighted by molar-refractivity contribution is 9.10. The molecule has 120 valence electrons. The van der Waals surface area contributed by atoms with Crippen molar-refractivity contribution in [2.45, 2.75) is 18.6 Å². The summed E-state index contributed by atoms with van der Waals surface area (Å²) in [4.78, 5) is 24.0. The molecule has 0 bridgehead atoms. The van der Waals surface area contributed by atoms with E-state index in [-0.39, 0.29) is 22.6 Å². The largest absolute Gasteiger partial charge is 0.497 e. The SMILES string of the molecule is COc1ccc(C(=O)CC(SC(C)=O)c2ccc(Br)cc2)cc1. The highest BCUT2D eigenvalue weighted by atomic mass is 79.9. The van der Waals surface area contributed by atoms with Crippen molar-refractivity contribution in [2.75, 3.05) is 7.11 Å². The lowest BCUT2D eigenvalue weighted by Gasteiger charge is -2.15. The molecule has 0 fully saturated rings. The highest BCUT2D eigenvalue weighted by Gasteiger charge is 2.19. The van der Waals surface area contributed by atoms with Gasteiger partial charge >= 0.3 is 0 Å². The van der Waals surface area contributed by atoms with Crippen LogP contribution in [0.4, 0.5) is 0 Å². The molecule has 0 aromatic heterocycles. The number of Topliss-reactive ketones (excluding diaryl/α,β-unsaturated/α-hetero) is 1. The first-order valence-electron chi connectivity index (χ1n) is 7.09. The Labute approximate surface area is 148 Å². The molecule has 0 spiro atoms. The van der Waals surface area contributed by atoms with E-state index in [4.69, 9.17) is 4.74 Å². The molecule has 0 radical (unpaired) electrons. The Morgan fingerprint density at radius 3 is 2.22 bits per heavy atom. The third-order valence-electron chi connectivity index (χ3n) is 3.33. The van der Waals surface area contributed by atoms with E-state index in [1.807, 2.05) is 24.3 Å².